The van der Waals surface area contributed by atoms with Gasteiger partial charge in [0.05, 0.1) is 5.69 Å². The Hall–Kier alpha value is -3.09. The summed E-state index contributed by atoms with van der Waals surface area (Å²) in [5.41, 5.74) is 2.88. The maximum Gasteiger partial charge on any atom is 0.231 e. The lowest BCUT2D eigenvalue weighted by molar-refractivity contribution is 0.174. The number of fused-ring (bicyclic) bond motifs is 2. The summed E-state index contributed by atoms with van der Waals surface area (Å²) in [6.45, 7) is 0.982. The molecule has 3 heterocycles. The summed E-state index contributed by atoms with van der Waals surface area (Å²) in [7, 11) is 0. The van der Waals surface area contributed by atoms with E-state index in [1.165, 1.54) is 16.8 Å². The van der Waals surface area contributed by atoms with Crippen molar-refractivity contribution in [2.45, 2.75) is 19.3 Å². The number of hydrogen-bond donors (Lipinski definition) is 1. The monoisotopic (exact) mass is 369 g/mol. The van der Waals surface area contributed by atoms with Gasteiger partial charge in [-0.25, -0.2) is 13.5 Å². The minimum Gasteiger partial charge on any atom is -0.454 e. The molecule has 0 atom stereocenters. The molecule has 5 rings (SSSR count). The van der Waals surface area contributed by atoms with E-state index >= 15 is 0 Å². The second-order valence-corrected chi connectivity index (χ2v) is 6.64. The Morgan fingerprint density at radius 3 is 2.78 bits per heavy atom. The molecule has 0 saturated carbocycles. The quantitative estimate of drug-likeness (QED) is 0.732. The molecule has 0 spiro atoms. The Balaban J connectivity index is 1.69. The molecule has 3 aromatic rings. The first-order valence-electron chi connectivity index (χ1n) is 8.92. The lowest BCUT2D eigenvalue weighted by atomic mass is 10.0. The molecule has 0 aliphatic carbocycles. The van der Waals surface area contributed by atoms with Crippen LogP contribution in [0.1, 0.15) is 18.4 Å². The standard InChI is InChI=1S/C20H17F2N3O2/c21-13-5-6-16(15(22)10-13)25-20-14(3-1-2-8-23-20)19(24-25)12-4-7-17-18(9-12)27-11-26-17/h4-7,9-10,23H,1-3,8,11H2. The van der Waals surface area contributed by atoms with Crippen molar-refractivity contribution in [3.8, 4) is 28.4 Å². The first-order chi connectivity index (χ1) is 13.2. The van der Waals surface area contributed by atoms with E-state index in [2.05, 4.69) is 10.4 Å². The smallest absolute Gasteiger partial charge is 0.231 e. The maximum absolute atomic E-state index is 14.4. The summed E-state index contributed by atoms with van der Waals surface area (Å²) in [5.74, 6) is 0.866. The first kappa shape index (κ1) is 16.1. The zero-order chi connectivity index (χ0) is 18.4. The third-order valence-electron chi connectivity index (χ3n) is 4.91. The number of ether oxygens (including phenoxy) is 2. The Kier molecular flexibility index (Phi) is 3.74. The van der Waals surface area contributed by atoms with Crippen LogP contribution in [0.25, 0.3) is 16.9 Å². The van der Waals surface area contributed by atoms with Gasteiger partial charge in [0.1, 0.15) is 17.3 Å². The number of halogens is 2. The summed E-state index contributed by atoms with van der Waals surface area (Å²) in [5, 5.41) is 8.05. The van der Waals surface area contributed by atoms with Crippen molar-refractivity contribution in [1.82, 2.24) is 9.78 Å². The van der Waals surface area contributed by atoms with Crippen LogP contribution in [-0.2, 0) is 6.42 Å². The van der Waals surface area contributed by atoms with E-state index in [9.17, 15) is 8.78 Å². The van der Waals surface area contributed by atoms with Crippen molar-refractivity contribution in [2.75, 3.05) is 18.7 Å². The maximum atomic E-state index is 14.4. The highest BCUT2D eigenvalue weighted by molar-refractivity contribution is 5.73. The Morgan fingerprint density at radius 2 is 1.89 bits per heavy atom. The summed E-state index contributed by atoms with van der Waals surface area (Å²) < 4.78 is 40.2. The molecule has 0 amide bonds. The number of hydrogen-bond acceptors (Lipinski definition) is 4. The van der Waals surface area contributed by atoms with Gasteiger partial charge < -0.3 is 14.8 Å². The third-order valence-corrected chi connectivity index (χ3v) is 4.91. The number of aromatic nitrogens is 2. The molecule has 0 fully saturated rings. The molecule has 1 N–H and O–H groups in total. The number of rotatable bonds is 2. The number of nitrogens with one attached hydrogen (secondary N) is 1. The third kappa shape index (κ3) is 2.70. The van der Waals surface area contributed by atoms with Crippen molar-refractivity contribution in [2.24, 2.45) is 0 Å². The minimum atomic E-state index is -0.649. The van der Waals surface area contributed by atoms with Crippen molar-refractivity contribution in [1.29, 1.82) is 0 Å². The van der Waals surface area contributed by atoms with Crippen LogP contribution in [0.2, 0.25) is 0 Å². The topological polar surface area (TPSA) is 48.3 Å². The molecule has 0 bridgehead atoms. The largest absolute Gasteiger partial charge is 0.454 e. The number of nitrogens with zero attached hydrogens (tertiary/aromatic N) is 2. The Labute approximate surface area is 154 Å². The normalized spacial score (nSPS) is 15.2. The second-order valence-electron chi connectivity index (χ2n) is 6.64. The summed E-state index contributed by atoms with van der Waals surface area (Å²) >= 11 is 0. The summed E-state index contributed by atoms with van der Waals surface area (Å²) in [6.07, 6.45) is 2.85. The van der Waals surface area contributed by atoms with E-state index in [4.69, 9.17) is 9.47 Å². The number of benzene rings is 2. The van der Waals surface area contributed by atoms with Gasteiger partial charge >= 0.3 is 0 Å². The van der Waals surface area contributed by atoms with Crippen LogP contribution in [0, 0.1) is 11.6 Å². The van der Waals surface area contributed by atoms with Crippen molar-refractivity contribution < 1.29 is 18.3 Å². The van der Waals surface area contributed by atoms with E-state index in [0.29, 0.717) is 11.5 Å². The van der Waals surface area contributed by atoms with Crippen molar-refractivity contribution in [3.05, 3.63) is 53.6 Å². The highest BCUT2D eigenvalue weighted by atomic mass is 19.1. The van der Waals surface area contributed by atoms with Gasteiger partial charge in [0.2, 0.25) is 6.79 Å². The average molecular weight is 369 g/mol. The van der Waals surface area contributed by atoms with Gasteiger partial charge in [0, 0.05) is 23.7 Å². The molecule has 1 aromatic heterocycles. The average Bonchev–Trinajstić information content (AvgIpc) is 3.18. The van der Waals surface area contributed by atoms with Crippen molar-refractivity contribution >= 4 is 5.82 Å². The molecule has 0 unspecified atom stereocenters. The predicted molar refractivity (Wildman–Crippen MR) is 96.5 cm³/mol. The number of anilines is 1. The zero-order valence-corrected chi connectivity index (χ0v) is 14.5. The van der Waals surface area contributed by atoms with Crippen LogP contribution in [0.3, 0.4) is 0 Å². The molecule has 5 nitrogen and oxygen atoms in total. The van der Waals surface area contributed by atoms with Crippen LogP contribution >= 0.6 is 0 Å². The van der Waals surface area contributed by atoms with E-state index in [1.54, 1.807) is 0 Å². The van der Waals surface area contributed by atoms with E-state index in [1.807, 2.05) is 18.2 Å². The fourth-order valence-electron chi connectivity index (χ4n) is 3.61. The van der Waals surface area contributed by atoms with Crippen LogP contribution in [-0.4, -0.2) is 23.1 Å². The molecule has 0 saturated heterocycles. The van der Waals surface area contributed by atoms with E-state index < -0.39 is 11.6 Å². The SMILES string of the molecule is Fc1ccc(-n2nc(-c3ccc4c(c3)OCO4)c3c2NCCCC3)c(F)c1. The fourth-order valence-corrected chi connectivity index (χ4v) is 3.61. The fraction of sp³-hybridized carbons (Fsp3) is 0.250. The van der Waals surface area contributed by atoms with Gasteiger partial charge in [-0.3, -0.25) is 0 Å². The zero-order valence-electron chi connectivity index (χ0n) is 14.5. The molecule has 0 radical (unpaired) electrons. The van der Waals surface area contributed by atoms with E-state index in [0.717, 1.165) is 54.5 Å². The van der Waals surface area contributed by atoms with E-state index in [-0.39, 0.29) is 12.5 Å². The molecule has 2 aliphatic heterocycles. The molecule has 27 heavy (non-hydrogen) atoms. The van der Waals surface area contributed by atoms with Gasteiger partial charge in [0.15, 0.2) is 17.3 Å². The van der Waals surface area contributed by atoms with Crippen molar-refractivity contribution in [3.63, 3.8) is 0 Å². The van der Waals surface area contributed by atoms with Gasteiger partial charge in [-0.15, -0.1) is 0 Å². The first-order valence-corrected chi connectivity index (χ1v) is 8.92. The second kappa shape index (κ2) is 6.26. The minimum absolute atomic E-state index is 0.202. The molecular weight excluding hydrogens is 352 g/mol. The van der Waals surface area contributed by atoms with Gasteiger partial charge in [-0.1, -0.05) is 0 Å². The lowest BCUT2D eigenvalue weighted by Crippen LogP contribution is -2.08. The van der Waals surface area contributed by atoms with Crippen LogP contribution in [0.5, 0.6) is 11.5 Å². The molecule has 2 aromatic carbocycles. The highest BCUT2D eigenvalue weighted by Crippen LogP contribution is 2.39. The van der Waals surface area contributed by atoms with Gasteiger partial charge in [-0.2, -0.15) is 5.10 Å². The molecule has 7 heteroatoms. The molecular formula is C20H17F2N3O2. The van der Waals surface area contributed by atoms with Crippen LogP contribution in [0.4, 0.5) is 14.6 Å². The molecule has 2 aliphatic rings. The van der Waals surface area contributed by atoms with Gasteiger partial charge in [0.25, 0.3) is 0 Å². The van der Waals surface area contributed by atoms with Crippen LogP contribution in [0.15, 0.2) is 36.4 Å². The Bertz CT molecular complexity index is 1030. The highest BCUT2D eigenvalue weighted by Gasteiger charge is 2.24. The Morgan fingerprint density at radius 1 is 1.00 bits per heavy atom. The van der Waals surface area contributed by atoms with Gasteiger partial charge in [-0.05, 0) is 49.6 Å². The lowest BCUT2D eigenvalue weighted by Gasteiger charge is -2.10. The van der Waals surface area contributed by atoms with Crippen LogP contribution < -0.4 is 14.8 Å². The summed E-state index contributed by atoms with van der Waals surface area (Å²) in [6, 6.07) is 9.19. The molecule has 138 valence electrons. The predicted octanol–water partition coefficient (Wildman–Crippen LogP) is 4.29. The summed E-state index contributed by atoms with van der Waals surface area (Å²) in [4.78, 5) is 0.